The van der Waals surface area contributed by atoms with Gasteiger partial charge in [-0.25, -0.2) is 4.79 Å². The lowest BCUT2D eigenvalue weighted by Gasteiger charge is -2.35. The SMILES string of the molecule is CC(NC(=O)NCc1ccncc1)C(=O)N1CCCCC1C. The second-order valence-corrected chi connectivity index (χ2v) is 5.78. The summed E-state index contributed by atoms with van der Waals surface area (Å²) in [6.45, 7) is 4.99. The number of piperidine rings is 1. The molecule has 2 atom stereocenters. The Morgan fingerprint density at radius 3 is 2.77 bits per heavy atom. The Kier molecular flexibility index (Phi) is 5.75. The zero-order chi connectivity index (χ0) is 15.9. The lowest BCUT2D eigenvalue weighted by atomic mass is 10.0. The van der Waals surface area contributed by atoms with E-state index in [9.17, 15) is 9.59 Å². The highest BCUT2D eigenvalue weighted by Gasteiger charge is 2.27. The molecule has 0 spiro atoms. The van der Waals surface area contributed by atoms with Gasteiger partial charge in [0.1, 0.15) is 6.04 Å². The maximum atomic E-state index is 12.4. The van der Waals surface area contributed by atoms with Crippen LogP contribution in [0.3, 0.4) is 0 Å². The minimum absolute atomic E-state index is 0.00809. The fourth-order valence-electron chi connectivity index (χ4n) is 2.67. The summed E-state index contributed by atoms with van der Waals surface area (Å²) in [5.41, 5.74) is 0.966. The highest BCUT2D eigenvalue weighted by atomic mass is 16.2. The van der Waals surface area contributed by atoms with Gasteiger partial charge in [-0.05, 0) is 50.8 Å². The van der Waals surface area contributed by atoms with Crippen LogP contribution in [0.2, 0.25) is 0 Å². The van der Waals surface area contributed by atoms with Crippen LogP contribution in [-0.2, 0) is 11.3 Å². The third kappa shape index (κ3) is 4.44. The number of hydrogen-bond donors (Lipinski definition) is 2. The fraction of sp³-hybridized carbons (Fsp3) is 0.562. The molecule has 1 aromatic heterocycles. The van der Waals surface area contributed by atoms with Gasteiger partial charge in [-0.15, -0.1) is 0 Å². The third-order valence-electron chi connectivity index (χ3n) is 4.01. The molecule has 2 rings (SSSR count). The first-order valence-corrected chi connectivity index (χ1v) is 7.81. The number of nitrogens with zero attached hydrogens (tertiary/aromatic N) is 2. The van der Waals surface area contributed by atoms with Crippen LogP contribution in [-0.4, -0.2) is 40.5 Å². The van der Waals surface area contributed by atoms with E-state index < -0.39 is 6.04 Å². The molecule has 0 radical (unpaired) electrons. The molecule has 0 aliphatic carbocycles. The van der Waals surface area contributed by atoms with E-state index in [1.165, 1.54) is 6.42 Å². The van der Waals surface area contributed by atoms with E-state index in [2.05, 4.69) is 22.5 Å². The quantitative estimate of drug-likeness (QED) is 0.888. The van der Waals surface area contributed by atoms with Gasteiger partial charge < -0.3 is 15.5 Å². The maximum absolute atomic E-state index is 12.4. The largest absolute Gasteiger partial charge is 0.338 e. The molecule has 1 aliphatic heterocycles. The number of carbonyl (C=O) groups is 2. The molecule has 1 fully saturated rings. The number of nitrogens with one attached hydrogen (secondary N) is 2. The van der Waals surface area contributed by atoms with Gasteiger partial charge in [-0.3, -0.25) is 9.78 Å². The van der Waals surface area contributed by atoms with Crippen molar-refractivity contribution in [1.82, 2.24) is 20.5 Å². The molecule has 6 heteroatoms. The molecule has 1 saturated heterocycles. The number of aromatic nitrogens is 1. The molecular weight excluding hydrogens is 280 g/mol. The van der Waals surface area contributed by atoms with E-state index in [1.54, 1.807) is 19.3 Å². The van der Waals surface area contributed by atoms with Crippen LogP contribution in [0.25, 0.3) is 0 Å². The summed E-state index contributed by atoms with van der Waals surface area (Å²) in [7, 11) is 0. The summed E-state index contributed by atoms with van der Waals surface area (Å²) in [4.78, 5) is 30.1. The van der Waals surface area contributed by atoms with Crippen LogP contribution in [0, 0.1) is 0 Å². The van der Waals surface area contributed by atoms with Crippen molar-refractivity contribution >= 4 is 11.9 Å². The second-order valence-electron chi connectivity index (χ2n) is 5.78. The molecule has 22 heavy (non-hydrogen) atoms. The molecular formula is C16H24N4O2. The Hall–Kier alpha value is -2.11. The van der Waals surface area contributed by atoms with Gasteiger partial charge in [-0.1, -0.05) is 0 Å². The van der Waals surface area contributed by atoms with Crippen molar-refractivity contribution in [3.8, 4) is 0 Å². The van der Waals surface area contributed by atoms with E-state index in [1.807, 2.05) is 17.0 Å². The fourth-order valence-corrected chi connectivity index (χ4v) is 2.67. The van der Waals surface area contributed by atoms with Crippen molar-refractivity contribution in [2.24, 2.45) is 0 Å². The number of amides is 3. The van der Waals surface area contributed by atoms with Gasteiger partial charge in [0.05, 0.1) is 0 Å². The van der Waals surface area contributed by atoms with Crippen molar-refractivity contribution in [3.63, 3.8) is 0 Å². The minimum atomic E-state index is -0.516. The van der Waals surface area contributed by atoms with Gasteiger partial charge in [-0.2, -0.15) is 0 Å². The lowest BCUT2D eigenvalue weighted by molar-refractivity contribution is -0.136. The van der Waals surface area contributed by atoms with Gasteiger partial charge >= 0.3 is 6.03 Å². The normalized spacial score (nSPS) is 19.4. The first kappa shape index (κ1) is 16.3. The minimum Gasteiger partial charge on any atom is -0.338 e. The predicted octanol–water partition coefficient (Wildman–Crippen LogP) is 1.67. The van der Waals surface area contributed by atoms with Crippen LogP contribution in [0.15, 0.2) is 24.5 Å². The number of rotatable bonds is 4. The molecule has 0 bridgehead atoms. The van der Waals surface area contributed by atoms with Crippen LogP contribution in [0.4, 0.5) is 4.79 Å². The zero-order valence-corrected chi connectivity index (χ0v) is 13.2. The van der Waals surface area contributed by atoms with Crippen molar-refractivity contribution in [2.75, 3.05) is 6.54 Å². The lowest BCUT2D eigenvalue weighted by Crippen LogP contribution is -2.53. The monoisotopic (exact) mass is 304 g/mol. The predicted molar refractivity (Wildman–Crippen MR) is 84.1 cm³/mol. The molecule has 3 amide bonds. The molecule has 120 valence electrons. The standard InChI is InChI=1S/C16H24N4O2/c1-12-5-3-4-10-20(12)15(21)13(2)19-16(22)18-11-14-6-8-17-9-7-14/h6-9,12-13H,3-5,10-11H2,1-2H3,(H2,18,19,22). The van der Waals surface area contributed by atoms with E-state index in [0.717, 1.165) is 24.9 Å². The summed E-state index contributed by atoms with van der Waals surface area (Å²) in [5, 5.41) is 5.46. The second kappa shape index (κ2) is 7.77. The maximum Gasteiger partial charge on any atom is 0.315 e. The molecule has 0 saturated carbocycles. The van der Waals surface area contributed by atoms with E-state index in [-0.39, 0.29) is 18.0 Å². The van der Waals surface area contributed by atoms with Crippen LogP contribution in [0.1, 0.15) is 38.7 Å². The van der Waals surface area contributed by atoms with Crippen molar-refractivity contribution in [2.45, 2.75) is 51.7 Å². The smallest absolute Gasteiger partial charge is 0.315 e. The summed E-state index contributed by atoms with van der Waals surface area (Å²) in [5.74, 6) is -0.00809. The number of urea groups is 1. The van der Waals surface area contributed by atoms with Crippen molar-refractivity contribution in [1.29, 1.82) is 0 Å². The average molecular weight is 304 g/mol. The van der Waals surface area contributed by atoms with Gasteiger partial charge in [0.25, 0.3) is 0 Å². The molecule has 6 nitrogen and oxygen atoms in total. The van der Waals surface area contributed by atoms with Crippen LogP contribution >= 0.6 is 0 Å². The Balaban J connectivity index is 1.79. The van der Waals surface area contributed by atoms with Crippen molar-refractivity contribution < 1.29 is 9.59 Å². The van der Waals surface area contributed by atoms with Gasteiger partial charge in [0.2, 0.25) is 5.91 Å². The molecule has 2 N–H and O–H groups in total. The molecule has 2 heterocycles. The van der Waals surface area contributed by atoms with Crippen molar-refractivity contribution in [3.05, 3.63) is 30.1 Å². The topological polar surface area (TPSA) is 74.3 Å². The highest BCUT2D eigenvalue weighted by molar-refractivity contribution is 5.86. The van der Waals surface area contributed by atoms with E-state index in [0.29, 0.717) is 6.54 Å². The number of pyridine rings is 1. The Bertz CT molecular complexity index is 506. The Morgan fingerprint density at radius 2 is 2.09 bits per heavy atom. The Labute approximate surface area is 131 Å². The van der Waals surface area contributed by atoms with Gasteiger partial charge in [0, 0.05) is 31.5 Å². The summed E-state index contributed by atoms with van der Waals surface area (Å²) >= 11 is 0. The summed E-state index contributed by atoms with van der Waals surface area (Å²) in [6.07, 6.45) is 6.60. The van der Waals surface area contributed by atoms with Crippen LogP contribution < -0.4 is 10.6 Å². The summed E-state index contributed by atoms with van der Waals surface area (Å²) < 4.78 is 0. The molecule has 0 aromatic carbocycles. The third-order valence-corrected chi connectivity index (χ3v) is 4.01. The molecule has 1 aliphatic rings. The van der Waals surface area contributed by atoms with E-state index >= 15 is 0 Å². The first-order chi connectivity index (χ1) is 10.6. The first-order valence-electron chi connectivity index (χ1n) is 7.81. The van der Waals surface area contributed by atoms with Crippen LogP contribution in [0.5, 0.6) is 0 Å². The molecule has 1 aromatic rings. The highest BCUT2D eigenvalue weighted by Crippen LogP contribution is 2.17. The number of likely N-dealkylation sites (tertiary alicyclic amines) is 1. The van der Waals surface area contributed by atoms with E-state index in [4.69, 9.17) is 0 Å². The summed E-state index contributed by atoms with van der Waals surface area (Å²) in [6, 6.07) is 3.08. The zero-order valence-electron chi connectivity index (χ0n) is 13.2. The molecule has 2 unspecified atom stereocenters. The number of carbonyl (C=O) groups excluding carboxylic acids is 2. The average Bonchev–Trinajstić information content (AvgIpc) is 2.53. The van der Waals surface area contributed by atoms with Gasteiger partial charge in [0.15, 0.2) is 0 Å². The Morgan fingerprint density at radius 1 is 1.36 bits per heavy atom. The number of hydrogen-bond acceptors (Lipinski definition) is 3.